The molecule has 1 aromatic carbocycles. The van der Waals surface area contributed by atoms with Crippen molar-refractivity contribution in [3.05, 3.63) is 39.1 Å². The van der Waals surface area contributed by atoms with Gasteiger partial charge in [0, 0.05) is 14.1 Å². The van der Waals surface area contributed by atoms with Crippen molar-refractivity contribution < 1.29 is 9.59 Å². The summed E-state index contributed by atoms with van der Waals surface area (Å²) in [6, 6.07) is 2.76. The Morgan fingerprint density at radius 2 is 1.58 bits per heavy atom. The smallest absolute Gasteiger partial charge is 0.262 e. The maximum absolute atomic E-state index is 12.5. The Hall–Kier alpha value is -2.45. The Morgan fingerprint density at radius 3 is 2.08 bits per heavy atom. The monoisotopic (exact) mass is 366 g/mol. The van der Waals surface area contributed by atoms with Crippen LogP contribution in [0.15, 0.2) is 12.1 Å². The molecule has 0 saturated heterocycles. The number of aromatic nitrogens is 3. The summed E-state index contributed by atoms with van der Waals surface area (Å²) in [6.45, 7) is -0.130. The standard InChI is InChI=1S/C14H12Cl2N6O2/c1-21(2)14-19-10(18-13(17)20-14)5-22-11(23)6-3-8(15)9(16)4-7(6)12(22)24/h3-4H,5H2,1-2H3,(H2,17,18,19,20). The molecule has 3 rings (SSSR count). The topological polar surface area (TPSA) is 105 Å². The minimum atomic E-state index is -0.487. The molecule has 2 N–H and O–H groups in total. The number of hydrogen-bond donors (Lipinski definition) is 1. The van der Waals surface area contributed by atoms with Gasteiger partial charge in [0.1, 0.15) is 0 Å². The fraction of sp³-hybridized carbons (Fsp3) is 0.214. The maximum Gasteiger partial charge on any atom is 0.262 e. The van der Waals surface area contributed by atoms with E-state index in [1.807, 2.05) is 0 Å². The Kier molecular flexibility index (Phi) is 4.02. The van der Waals surface area contributed by atoms with Crippen LogP contribution in [0.1, 0.15) is 26.5 Å². The van der Waals surface area contributed by atoms with E-state index in [4.69, 9.17) is 28.9 Å². The summed E-state index contributed by atoms with van der Waals surface area (Å²) in [6.07, 6.45) is 0. The fourth-order valence-electron chi connectivity index (χ4n) is 2.26. The summed E-state index contributed by atoms with van der Waals surface area (Å²) >= 11 is 11.8. The van der Waals surface area contributed by atoms with E-state index in [0.717, 1.165) is 4.90 Å². The van der Waals surface area contributed by atoms with E-state index < -0.39 is 11.8 Å². The minimum absolute atomic E-state index is 0.00592. The Labute approximate surface area is 147 Å². The fourth-order valence-corrected chi connectivity index (χ4v) is 2.59. The molecule has 8 nitrogen and oxygen atoms in total. The summed E-state index contributed by atoms with van der Waals surface area (Å²) in [7, 11) is 3.48. The average molecular weight is 367 g/mol. The van der Waals surface area contributed by atoms with Crippen LogP contribution < -0.4 is 10.6 Å². The predicted octanol–water partition coefficient (Wildman–Crippen LogP) is 1.62. The Balaban J connectivity index is 1.95. The first kappa shape index (κ1) is 16.4. The van der Waals surface area contributed by atoms with Crippen molar-refractivity contribution in [2.45, 2.75) is 6.54 Å². The van der Waals surface area contributed by atoms with Crippen LogP contribution in [0.5, 0.6) is 0 Å². The van der Waals surface area contributed by atoms with Crippen LogP contribution in [0.25, 0.3) is 0 Å². The number of carbonyl (C=O) groups excluding carboxylic acids is 2. The second kappa shape index (κ2) is 5.88. The lowest BCUT2D eigenvalue weighted by Crippen LogP contribution is -2.30. The van der Waals surface area contributed by atoms with Gasteiger partial charge in [-0.2, -0.15) is 15.0 Å². The van der Waals surface area contributed by atoms with Crippen LogP contribution in [0.2, 0.25) is 10.0 Å². The molecule has 0 spiro atoms. The average Bonchev–Trinajstić information content (AvgIpc) is 2.72. The number of halogens is 2. The van der Waals surface area contributed by atoms with Gasteiger partial charge in [-0.3, -0.25) is 14.5 Å². The number of carbonyl (C=O) groups is 2. The molecule has 10 heteroatoms. The Morgan fingerprint density at radius 1 is 1.04 bits per heavy atom. The molecule has 0 aliphatic carbocycles. The van der Waals surface area contributed by atoms with E-state index in [2.05, 4.69) is 15.0 Å². The highest BCUT2D eigenvalue weighted by Gasteiger charge is 2.37. The van der Waals surface area contributed by atoms with Crippen molar-refractivity contribution in [1.29, 1.82) is 0 Å². The highest BCUT2D eigenvalue weighted by atomic mass is 35.5. The number of imide groups is 1. The second-order valence-electron chi connectivity index (χ2n) is 5.31. The van der Waals surface area contributed by atoms with Crippen LogP contribution in [0, 0.1) is 0 Å². The van der Waals surface area contributed by atoms with Crippen LogP contribution >= 0.6 is 23.2 Å². The maximum atomic E-state index is 12.5. The van der Waals surface area contributed by atoms with Gasteiger partial charge in [0.15, 0.2) is 5.82 Å². The van der Waals surface area contributed by atoms with Crippen LogP contribution in [0.3, 0.4) is 0 Å². The number of hydrogen-bond acceptors (Lipinski definition) is 7. The quantitative estimate of drug-likeness (QED) is 0.822. The summed E-state index contributed by atoms with van der Waals surface area (Å²) < 4.78 is 0. The van der Waals surface area contributed by atoms with Crippen molar-refractivity contribution in [3.8, 4) is 0 Å². The molecule has 2 amide bonds. The SMILES string of the molecule is CN(C)c1nc(N)nc(CN2C(=O)c3cc(Cl)c(Cl)cc3C2=O)n1. The minimum Gasteiger partial charge on any atom is -0.368 e. The van der Waals surface area contributed by atoms with Gasteiger partial charge >= 0.3 is 0 Å². The molecule has 0 atom stereocenters. The largest absolute Gasteiger partial charge is 0.368 e. The molecule has 0 radical (unpaired) electrons. The van der Waals surface area contributed by atoms with Crippen molar-refractivity contribution in [2.75, 3.05) is 24.7 Å². The second-order valence-corrected chi connectivity index (χ2v) is 6.13. The van der Waals surface area contributed by atoms with E-state index in [1.54, 1.807) is 19.0 Å². The molecule has 0 fully saturated rings. The number of anilines is 2. The molecule has 24 heavy (non-hydrogen) atoms. The summed E-state index contributed by atoms with van der Waals surface area (Å²) in [4.78, 5) is 39.7. The molecule has 2 aromatic rings. The molecule has 2 heterocycles. The first-order valence-corrected chi connectivity index (χ1v) is 7.56. The summed E-state index contributed by atoms with van der Waals surface area (Å²) in [5, 5.41) is 0.412. The van der Waals surface area contributed by atoms with E-state index >= 15 is 0 Å². The number of nitrogens with zero attached hydrogens (tertiary/aromatic N) is 5. The van der Waals surface area contributed by atoms with Crippen molar-refractivity contribution in [2.24, 2.45) is 0 Å². The first-order valence-electron chi connectivity index (χ1n) is 6.81. The van der Waals surface area contributed by atoms with Gasteiger partial charge in [-0.05, 0) is 12.1 Å². The molecule has 1 aliphatic heterocycles. The van der Waals surface area contributed by atoms with Gasteiger partial charge in [-0.25, -0.2) is 0 Å². The van der Waals surface area contributed by atoms with Crippen LogP contribution in [-0.4, -0.2) is 45.8 Å². The lowest BCUT2D eigenvalue weighted by Gasteiger charge is -2.15. The number of rotatable bonds is 3. The number of fused-ring (bicyclic) bond motifs is 1. The van der Waals surface area contributed by atoms with E-state index in [1.165, 1.54) is 12.1 Å². The van der Waals surface area contributed by atoms with Gasteiger partial charge in [0.05, 0.1) is 27.7 Å². The Bertz CT molecular complexity index is 830. The third-order valence-corrected chi connectivity index (χ3v) is 4.12. The summed E-state index contributed by atoms with van der Waals surface area (Å²) in [5.41, 5.74) is 6.05. The van der Waals surface area contributed by atoms with E-state index in [0.29, 0.717) is 5.95 Å². The third kappa shape index (κ3) is 2.74. The number of nitrogen functional groups attached to an aromatic ring is 1. The highest BCUT2D eigenvalue weighted by Crippen LogP contribution is 2.32. The van der Waals surface area contributed by atoms with Gasteiger partial charge in [0.2, 0.25) is 11.9 Å². The van der Waals surface area contributed by atoms with Crippen molar-refractivity contribution in [1.82, 2.24) is 19.9 Å². The first-order chi connectivity index (χ1) is 11.3. The number of amides is 2. The highest BCUT2D eigenvalue weighted by molar-refractivity contribution is 6.43. The van der Waals surface area contributed by atoms with Gasteiger partial charge in [-0.15, -0.1) is 0 Å². The predicted molar refractivity (Wildman–Crippen MR) is 89.2 cm³/mol. The van der Waals surface area contributed by atoms with Crippen molar-refractivity contribution in [3.63, 3.8) is 0 Å². The summed E-state index contributed by atoms with van der Waals surface area (Å²) in [5.74, 6) is -0.428. The molecule has 1 aromatic heterocycles. The van der Waals surface area contributed by atoms with Crippen molar-refractivity contribution >= 4 is 46.9 Å². The van der Waals surface area contributed by atoms with Crippen LogP contribution in [0.4, 0.5) is 11.9 Å². The van der Waals surface area contributed by atoms with Crippen LogP contribution in [-0.2, 0) is 6.54 Å². The van der Waals surface area contributed by atoms with Gasteiger partial charge in [-0.1, -0.05) is 23.2 Å². The lowest BCUT2D eigenvalue weighted by atomic mass is 10.1. The molecule has 0 bridgehead atoms. The molecule has 1 aliphatic rings. The molecule has 0 unspecified atom stereocenters. The van der Waals surface area contributed by atoms with Gasteiger partial charge in [0.25, 0.3) is 11.8 Å². The zero-order valence-electron chi connectivity index (χ0n) is 12.7. The van der Waals surface area contributed by atoms with E-state index in [-0.39, 0.29) is 39.5 Å². The molecule has 124 valence electrons. The molecule has 0 saturated carbocycles. The zero-order valence-corrected chi connectivity index (χ0v) is 14.3. The normalized spacial score (nSPS) is 13.4. The van der Waals surface area contributed by atoms with E-state index in [9.17, 15) is 9.59 Å². The number of nitrogens with two attached hydrogens (primary N) is 1. The number of benzene rings is 1. The lowest BCUT2D eigenvalue weighted by molar-refractivity contribution is 0.0638. The van der Waals surface area contributed by atoms with Gasteiger partial charge < -0.3 is 10.6 Å². The zero-order chi connectivity index (χ0) is 17.6. The third-order valence-electron chi connectivity index (χ3n) is 3.40. The molecular formula is C14H12Cl2N6O2. The molecular weight excluding hydrogens is 355 g/mol.